The number of rotatable bonds is 10. The first-order chi connectivity index (χ1) is 20.8. The molecule has 10 nitrogen and oxygen atoms in total. The van der Waals surface area contributed by atoms with E-state index >= 15 is 0 Å². The SMILES string of the molecule is CCc1cc(Nc2nccn3c(-c4ccc(OC(F)F)c(F)c4F)cnc23)ccc1C(=O)N[C@@H](C)CNC(=O)OC(C)(C)C. The van der Waals surface area contributed by atoms with Gasteiger partial charge in [0.1, 0.15) is 5.60 Å². The van der Waals surface area contributed by atoms with Gasteiger partial charge < -0.3 is 25.4 Å². The normalized spacial score (nSPS) is 12.2. The number of aromatic nitrogens is 3. The molecule has 0 bridgehead atoms. The molecule has 0 saturated heterocycles. The van der Waals surface area contributed by atoms with E-state index in [1.807, 2.05) is 6.92 Å². The molecule has 4 rings (SSSR count). The lowest BCUT2D eigenvalue weighted by molar-refractivity contribution is -0.0525. The van der Waals surface area contributed by atoms with E-state index in [0.717, 1.165) is 17.7 Å². The Hall–Kier alpha value is -4.88. The fourth-order valence-electron chi connectivity index (χ4n) is 4.35. The summed E-state index contributed by atoms with van der Waals surface area (Å²) in [6.07, 6.45) is 4.18. The van der Waals surface area contributed by atoms with Gasteiger partial charge in [-0.2, -0.15) is 13.2 Å². The number of carbonyl (C=O) groups is 2. The highest BCUT2D eigenvalue weighted by molar-refractivity contribution is 5.96. The van der Waals surface area contributed by atoms with Crippen LogP contribution < -0.4 is 20.7 Å². The highest BCUT2D eigenvalue weighted by Crippen LogP contribution is 2.32. The van der Waals surface area contributed by atoms with Crippen LogP contribution in [0.1, 0.15) is 50.5 Å². The maximum absolute atomic E-state index is 14.8. The van der Waals surface area contributed by atoms with Gasteiger partial charge >= 0.3 is 12.7 Å². The number of halogens is 4. The van der Waals surface area contributed by atoms with Gasteiger partial charge in [0.2, 0.25) is 5.82 Å². The highest BCUT2D eigenvalue weighted by atomic mass is 19.3. The van der Waals surface area contributed by atoms with Crippen molar-refractivity contribution in [1.82, 2.24) is 25.0 Å². The van der Waals surface area contributed by atoms with Crippen LogP contribution in [0.5, 0.6) is 5.75 Å². The molecule has 0 spiro atoms. The number of alkyl carbamates (subject to hydrolysis) is 1. The number of carbonyl (C=O) groups excluding carboxylic acids is 2. The lowest BCUT2D eigenvalue weighted by atomic mass is 10.0. The summed E-state index contributed by atoms with van der Waals surface area (Å²) in [6.45, 7) is 5.79. The largest absolute Gasteiger partial charge is 0.444 e. The predicted octanol–water partition coefficient (Wildman–Crippen LogP) is 6.22. The van der Waals surface area contributed by atoms with Gasteiger partial charge in [-0.15, -0.1) is 0 Å². The van der Waals surface area contributed by atoms with Crippen LogP contribution in [0.15, 0.2) is 48.9 Å². The molecule has 0 radical (unpaired) electrons. The lowest BCUT2D eigenvalue weighted by Gasteiger charge is -2.21. The summed E-state index contributed by atoms with van der Waals surface area (Å²) in [6, 6.07) is 6.79. The molecule has 14 heteroatoms. The Balaban J connectivity index is 1.50. The van der Waals surface area contributed by atoms with Crippen LogP contribution in [0, 0.1) is 11.6 Å². The van der Waals surface area contributed by atoms with Crippen LogP contribution in [-0.2, 0) is 11.2 Å². The maximum atomic E-state index is 14.8. The maximum Gasteiger partial charge on any atom is 0.407 e. The average molecular weight is 617 g/mol. The molecule has 2 amide bonds. The van der Waals surface area contributed by atoms with E-state index in [-0.39, 0.29) is 35.4 Å². The first-order valence-corrected chi connectivity index (χ1v) is 13.7. The molecule has 3 N–H and O–H groups in total. The van der Waals surface area contributed by atoms with Crippen molar-refractivity contribution in [2.45, 2.75) is 59.3 Å². The number of anilines is 2. The van der Waals surface area contributed by atoms with Crippen molar-refractivity contribution in [3.8, 4) is 17.0 Å². The van der Waals surface area contributed by atoms with E-state index < -0.39 is 35.7 Å². The minimum atomic E-state index is -3.31. The van der Waals surface area contributed by atoms with Gasteiger partial charge in [-0.3, -0.25) is 9.20 Å². The molecular formula is C30H32F4N6O4. The number of hydrogen-bond donors (Lipinski definition) is 3. The van der Waals surface area contributed by atoms with Gasteiger partial charge in [0.15, 0.2) is 23.0 Å². The van der Waals surface area contributed by atoms with Gasteiger partial charge in [0, 0.05) is 41.8 Å². The minimum Gasteiger partial charge on any atom is -0.444 e. The average Bonchev–Trinajstić information content (AvgIpc) is 3.38. The highest BCUT2D eigenvalue weighted by Gasteiger charge is 2.22. The number of nitrogens with one attached hydrogen (secondary N) is 3. The molecule has 0 unspecified atom stereocenters. The molecule has 44 heavy (non-hydrogen) atoms. The number of hydrogen-bond acceptors (Lipinski definition) is 7. The van der Waals surface area contributed by atoms with Crippen molar-refractivity contribution in [1.29, 1.82) is 0 Å². The van der Waals surface area contributed by atoms with Crippen LogP contribution in [0.25, 0.3) is 16.9 Å². The van der Waals surface area contributed by atoms with Crippen molar-refractivity contribution in [3.63, 3.8) is 0 Å². The van der Waals surface area contributed by atoms with Crippen molar-refractivity contribution in [3.05, 3.63) is 71.7 Å². The van der Waals surface area contributed by atoms with Gasteiger partial charge in [-0.25, -0.2) is 19.2 Å². The second-order valence-electron chi connectivity index (χ2n) is 10.8. The van der Waals surface area contributed by atoms with Crippen molar-refractivity contribution in [2.75, 3.05) is 11.9 Å². The van der Waals surface area contributed by atoms with E-state index in [1.165, 1.54) is 23.0 Å². The zero-order valence-corrected chi connectivity index (χ0v) is 24.7. The number of ether oxygens (including phenoxy) is 2. The van der Waals surface area contributed by atoms with Gasteiger partial charge in [0.05, 0.1) is 11.9 Å². The topological polar surface area (TPSA) is 119 Å². The summed E-state index contributed by atoms with van der Waals surface area (Å²) < 4.78 is 65.0. The van der Waals surface area contributed by atoms with Crippen molar-refractivity contribution < 1.29 is 36.6 Å². The molecule has 0 aliphatic heterocycles. The van der Waals surface area contributed by atoms with Crippen LogP contribution >= 0.6 is 0 Å². The fourth-order valence-corrected chi connectivity index (χ4v) is 4.35. The summed E-state index contributed by atoms with van der Waals surface area (Å²) in [4.78, 5) is 33.5. The monoisotopic (exact) mass is 616 g/mol. The quantitative estimate of drug-likeness (QED) is 0.181. The minimum absolute atomic E-state index is 0.155. The fraction of sp³-hybridized carbons (Fsp3) is 0.333. The van der Waals surface area contributed by atoms with Gasteiger partial charge in [-0.05, 0) is 70.0 Å². The molecule has 0 aliphatic rings. The van der Waals surface area contributed by atoms with Crippen molar-refractivity contribution in [2.24, 2.45) is 0 Å². The second kappa shape index (κ2) is 13.2. The van der Waals surface area contributed by atoms with Crippen molar-refractivity contribution >= 4 is 29.2 Å². The van der Waals surface area contributed by atoms with Gasteiger partial charge in [-0.1, -0.05) is 6.92 Å². The number of nitrogens with zero attached hydrogens (tertiary/aromatic N) is 3. The third-order valence-electron chi connectivity index (χ3n) is 6.29. The zero-order chi connectivity index (χ0) is 32.2. The molecular weight excluding hydrogens is 584 g/mol. The Bertz CT molecular complexity index is 1670. The third-order valence-corrected chi connectivity index (χ3v) is 6.29. The first-order valence-electron chi connectivity index (χ1n) is 13.7. The molecule has 0 fully saturated rings. The van der Waals surface area contributed by atoms with Crippen LogP contribution in [0.3, 0.4) is 0 Å². The summed E-state index contributed by atoms with van der Waals surface area (Å²) in [5.41, 5.74) is 1.36. The smallest absolute Gasteiger partial charge is 0.407 e. The summed E-state index contributed by atoms with van der Waals surface area (Å²) in [5.74, 6) is -3.85. The predicted molar refractivity (Wildman–Crippen MR) is 155 cm³/mol. The molecule has 1 atom stereocenters. The molecule has 2 aromatic heterocycles. The van der Waals surface area contributed by atoms with Gasteiger partial charge in [0.25, 0.3) is 5.91 Å². The number of amides is 2. The Labute approximate surface area is 250 Å². The third kappa shape index (κ3) is 7.54. The Morgan fingerprint density at radius 2 is 1.82 bits per heavy atom. The molecule has 2 aromatic carbocycles. The Morgan fingerprint density at radius 3 is 2.50 bits per heavy atom. The van der Waals surface area contributed by atoms with Crippen LogP contribution in [-0.4, -0.2) is 51.2 Å². The Morgan fingerprint density at radius 1 is 1.07 bits per heavy atom. The number of benzene rings is 2. The van der Waals surface area contributed by atoms with Crippen LogP contribution in [0.4, 0.5) is 33.9 Å². The first kappa shape index (κ1) is 32.0. The van der Waals surface area contributed by atoms with E-state index in [0.29, 0.717) is 23.5 Å². The Kier molecular flexibility index (Phi) is 9.60. The second-order valence-corrected chi connectivity index (χ2v) is 10.8. The summed E-state index contributed by atoms with van der Waals surface area (Å²) in [7, 11) is 0. The summed E-state index contributed by atoms with van der Waals surface area (Å²) >= 11 is 0. The number of aryl methyl sites for hydroxylation is 1. The summed E-state index contributed by atoms with van der Waals surface area (Å²) in [5, 5.41) is 8.64. The molecule has 234 valence electrons. The molecule has 0 saturated carbocycles. The molecule has 2 heterocycles. The zero-order valence-electron chi connectivity index (χ0n) is 24.7. The van der Waals surface area contributed by atoms with Crippen LogP contribution in [0.2, 0.25) is 0 Å². The van der Waals surface area contributed by atoms with E-state index in [1.54, 1.807) is 45.9 Å². The van der Waals surface area contributed by atoms with E-state index in [9.17, 15) is 27.2 Å². The molecule has 0 aliphatic carbocycles. The number of fused-ring (bicyclic) bond motifs is 1. The molecule has 4 aromatic rings. The van der Waals surface area contributed by atoms with E-state index in [4.69, 9.17) is 4.74 Å². The lowest BCUT2D eigenvalue weighted by Crippen LogP contribution is -2.43. The van der Waals surface area contributed by atoms with E-state index in [2.05, 4.69) is 30.7 Å². The standard InChI is InChI=1S/C30H32F4N6O4/c1-6-17-13-18(7-8-19(17)27(41)38-16(2)14-37-29(42)44-30(3,4)5)39-25-26-36-15-21(40(26)12-11-35-25)20-9-10-22(43-28(33)34)24(32)23(20)31/h7-13,15-16,28H,6,14H2,1-5H3,(H,35,39)(H,37,42)(H,38,41)/t16-/m0/s1. The number of imidazole rings is 1. The number of alkyl halides is 2.